The van der Waals surface area contributed by atoms with Crippen molar-refractivity contribution in [2.24, 2.45) is 9.98 Å². The molecule has 4 aromatic heterocycles. The van der Waals surface area contributed by atoms with Gasteiger partial charge in [-0.25, -0.2) is 26.8 Å². The fourth-order valence-corrected chi connectivity index (χ4v) is 8.20. The molecule has 0 amide bonds. The molecule has 0 aliphatic carbocycles. The van der Waals surface area contributed by atoms with Crippen LogP contribution in [0.3, 0.4) is 0 Å². The number of nitrogens with zero attached hydrogens (tertiary/aromatic N) is 6. The summed E-state index contributed by atoms with van der Waals surface area (Å²) in [5.41, 5.74) is 2.01. The van der Waals surface area contributed by atoms with Crippen LogP contribution in [0, 0.1) is 13.8 Å². The maximum absolute atomic E-state index is 11.8. The van der Waals surface area contributed by atoms with E-state index in [2.05, 4.69) is 29.9 Å². The molecular weight excluding hydrogens is 596 g/mol. The van der Waals surface area contributed by atoms with Crippen LogP contribution in [0.2, 0.25) is 0 Å². The Morgan fingerprint density at radius 2 is 1.48 bits per heavy atom. The molecule has 0 saturated heterocycles. The maximum Gasteiger partial charge on any atom is 2.00 e. The topological polar surface area (TPSA) is 147 Å². The van der Waals surface area contributed by atoms with E-state index in [0.29, 0.717) is 42.6 Å². The van der Waals surface area contributed by atoms with Gasteiger partial charge in [-0.3, -0.25) is 0 Å². The average Bonchev–Trinajstić information content (AvgIpc) is 3.42. The first kappa shape index (κ1) is 26.1. The molecule has 33 heavy (non-hydrogen) atoms. The minimum Gasteiger partial charge on any atom is -0.429 e. The van der Waals surface area contributed by atoms with E-state index in [4.69, 9.17) is 0 Å². The number of hydrogen-bond donors (Lipinski definition) is 0. The van der Waals surface area contributed by atoms with E-state index in [1.54, 1.807) is 24.6 Å². The number of hydrogen-bond acceptors (Lipinski definition) is 12. The molecule has 4 rings (SSSR count). The summed E-state index contributed by atoms with van der Waals surface area (Å²) in [6, 6.07) is 0. The Labute approximate surface area is 215 Å². The molecule has 0 N–H and O–H groups in total. The Morgan fingerprint density at radius 3 is 2.09 bits per heavy atom. The van der Waals surface area contributed by atoms with Gasteiger partial charge in [0.1, 0.15) is 18.7 Å². The van der Waals surface area contributed by atoms with Crippen LogP contribution in [0.25, 0.3) is 11.4 Å². The molecule has 0 aliphatic heterocycles. The zero-order chi connectivity index (χ0) is 23.3. The predicted octanol–water partition coefficient (Wildman–Crippen LogP) is 2.19. The van der Waals surface area contributed by atoms with E-state index in [-0.39, 0.29) is 25.5 Å². The molecule has 0 spiro atoms. The van der Waals surface area contributed by atoms with Gasteiger partial charge < -0.3 is 20.0 Å². The van der Waals surface area contributed by atoms with Crippen molar-refractivity contribution in [3.05, 3.63) is 31.8 Å². The largest absolute Gasteiger partial charge is 2.00 e. The first-order valence-electron chi connectivity index (χ1n) is 8.60. The van der Waals surface area contributed by atoms with Crippen molar-refractivity contribution in [3.63, 3.8) is 0 Å². The molecule has 0 bridgehead atoms. The number of rotatable bonds is 5. The van der Waals surface area contributed by atoms with Gasteiger partial charge in [-0.1, -0.05) is 0 Å². The van der Waals surface area contributed by atoms with Crippen LogP contribution in [0.15, 0.2) is 29.2 Å². The predicted molar refractivity (Wildman–Crippen MR) is 125 cm³/mol. The van der Waals surface area contributed by atoms with Crippen molar-refractivity contribution in [3.8, 4) is 11.4 Å². The first-order chi connectivity index (χ1) is 14.9. The molecule has 10 nitrogen and oxygen atoms in total. The van der Waals surface area contributed by atoms with Gasteiger partial charge in [0.2, 0.25) is 0 Å². The van der Waals surface area contributed by atoms with Crippen LogP contribution in [0.5, 0.6) is 0 Å². The average molecular weight is 610 g/mol. The van der Waals surface area contributed by atoms with Gasteiger partial charge in [0.15, 0.2) is 19.7 Å². The smallest absolute Gasteiger partial charge is 0.429 e. The zero-order valence-electron chi connectivity index (χ0n) is 17.2. The summed E-state index contributed by atoms with van der Waals surface area (Å²) >= 11 is 4.56. The minimum atomic E-state index is -3.35. The Morgan fingerprint density at radius 1 is 0.818 bits per heavy atom. The third-order valence-electron chi connectivity index (χ3n) is 3.79. The van der Waals surface area contributed by atoms with Gasteiger partial charge in [0, 0.05) is 27.5 Å². The molecule has 4 aromatic rings. The Bertz CT molecular complexity index is 1670. The van der Waals surface area contributed by atoms with Crippen molar-refractivity contribution in [1.82, 2.24) is 19.9 Å². The van der Waals surface area contributed by atoms with Crippen molar-refractivity contribution >= 4 is 75.3 Å². The fourth-order valence-electron chi connectivity index (χ4n) is 2.55. The van der Waals surface area contributed by atoms with Gasteiger partial charge in [-0.05, 0) is 30.6 Å². The molecule has 0 atom stereocenters. The van der Waals surface area contributed by atoms with E-state index in [1.807, 2.05) is 0 Å². The van der Waals surface area contributed by atoms with Crippen molar-refractivity contribution in [1.29, 1.82) is 0 Å². The Kier molecular flexibility index (Phi) is 7.65. The third kappa shape index (κ3) is 5.97. The molecule has 0 saturated carbocycles. The molecule has 0 aliphatic rings. The van der Waals surface area contributed by atoms with Crippen molar-refractivity contribution in [2.45, 2.75) is 22.3 Å². The zero-order valence-corrected chi connectivity index (χ0v) is 23.1. The maximum atomic E-state index is 11.8. The minimum absolute atomic E-state index is 0. The summed E-state index contributed by atoms with van der Waals surface area (Å²) in [6.45, 7) is 3.25. The molecule has 17 heteroatoms. The summed E-state index contributed by atoms with van der Waals surface area (Å²) in [5, 5.41) is 4.31. The Balaban J connectivity index is 0.00000306. The fraction of sp³-hybridized carbons (Fsp3) is 0.250. The van der Waals surface area contributed by atoms with Gasteiger partial charge in [0.25, 0.3) is 0 Å². The van der Waals surface area contributed by atoms with Gasteiger partial charge in [-0.15, -0.1) is 34.0 Å². The van der Waals surface area contributed by atoms with Gasteiger partial charge in [0.05, 0.1) is 11.4 Å². The molecule has 0 aromatic carbocycles. The van der Waals surface area contributed by atoms with Crippen molar-refractivity contribution in [2.75, 3.05) is 12.5 Å². The third-order valence-corrected chi connectivity index (χ3v) is 11.2. The number of aryl methyl sites for hydroxylation is 2. The molecular formula is C16H14CuN6O4S6. The molecule has 1 radical (unpaired) electrons. The quantitative estimate of drug-likeness (QED) is 0.313. The second kappa shape index (κ2) is 9.65. The molecule has 0 unspecified atom stereocenters. The molecule has 4 heterocycles. The second-order valence-corrected chi connectivity index (χ2v) is 14.6. The van der Waals surface area contributed by atoms with E-state index in [9.17, 15) is 16.8 Å². The van der Waals surface area contributed by atoms with E-state index >= 15 is 0 Å². The number of aromatic nitrogens is 4. The van der Waals surface area contributed by atoms with Crippen LogP contribution in [-0.4, -0.2) is 39.3 Å². The van der Waals surface area contributed by atoms with Crippen LogP contribution < -0.4 is 19.6 Å². The van der Waals surface area contributed by atoms with Crippen LogP contribution in [0.4, 0.5) is 10.3 Å². The summed E-state index contributed by atoms with van der Waals surface area (Å²) in [6.07, 6.45) is 2.28. The second-order valence-electron chi connectivity index (χ2n) is 6.54. The number of thiazole rings is 4. The Hall–Kier alpha value is -1.46. The van der Waals surface area contributed by atoms with Crippen LogP contribution in [0.1, 0.15) is 11.4 Å². The van der Waals surface area contributed by atoms with Crippen LogP contribution >= 0.6 is 45.3 Å². The standard InChI is InChI=1S/C16H14N6O4S6.Cu/c1-7-11(31(3,23)24)29-15(17-7)21-13-19-9(5-27-13)10-6-28-14(20-10)22-16-18-8(2)12(30-16)32(4,25)26;/h5-6H,1-4H3;/q-2;+2. The monoisotopic (exact) mass is 609 g/mol. The molecule has 179 valence electrons. The summed E-state index contributed by atoms with van der Waals surface area (Å²) < 4.78 is 47.5. The van der Waals surface area contributed by atoms with Gasteiger partial charge >= 0.3 is 17.1 Å². The van der Waals surface area contributed by atoms with Crippen molar-refractivity contribution < 1.29 is 33.9 Å². The summed E-state index contributed by atoms with van der Waals surface area (Å²) in [7, 11) is -6.71. The first-order valence-corrected chi connectivity index (χ1v) is 15.8. The normalized spacial score (nSPS) is 13.5. The SMILES string of the molecule is Cc1nc(/N=c2\[n-]c(-c3csc(/N=c4\[n-]c(C)c(S(C)(=O)=O)s4)n3)cs2)sc1S(C)(=O)=O.[Cu+2]. The van der Waals surface area contributed by atoms with E-state index in [1.165, 1.54) is 22.7 Å². The summed E-state index contributed by atoms with van der Waals surface area (Å²) in [5.74, 6) is 0. The van der Waals surface area contributed by atoms with Gasteiger partial charge in [-0.2, -0.15) is 11.3 Å². The van der Waals surface area contributed by atoms with E-state index in [0.717, 1.165) is 35.2 Å². The summed E-state index contributed by atoms with van der Waals surface area (Å²) in [4.78, 5) is 26.6. The number of sulfone groups is 2. The van der Waals surface area contributed by atoms with Crippen LogP contribution in [-0.2, 0) is 36.7 Å². The molecule has 0 fully saturated rings. The van der Waals surface area contributed by atoms with E-state index < -0.39 is 19.7 Å².